The van der Waals surface area contributed by atoms with Crippen LogP contribution in [0.3, 0.4) is 0 Å². The van der Waals surface area contributed by atoms with E-state index in [1.54, 1.807) is 19.2 Å². The zero-order valence-electron chi connectivity index (χ0n) is 9.12. The molecule has 0 radical (unpaired) electrons. The number of aromatic amines is 1. The number of aromatic nitrogens is 2. The molecule has 90 valence electrons. The van der Waals surface area contributed by atoms with E-state index in [4.69, 9.17) is 0 Å². The molecule has 1 N–H and O–H groups in total. The molecule has 2 nitrogen and oxygen atoms in total. The van der Waals surface area contributed by atoms with E-state index in [1.807, 2.05) is 0 Å². The van der Waals surface area contributed by atoms with Crippen LogP contribution < -0.4 is 0 Å². The Morgan fingerprint density at radius 1 is 1.24 bits per heavy atom. The van der Waals surface area contributed by atoms with E-state index in [2.05, 4.69) is 9.97 Å². The molecule has 5 heteroatoms. The zero-order chi connectivity index (χ0) is 12.5. The highest BCUT2D eigenvalue weighted by Crippen LogP contribution is 2.36. The molecule has 1 aromatic carbocycles. The maximum atomic E-state index is 12.8. The SMILES string of the molecule is CC(c1ncc[nH]1)c1ccccc1C(F)(F)F. The van der Waals surface area contributed by atoms with E-state index >= 15 is 0 Å². The van der Waals surface area contributed by atoms with Crippen LogP contribution >= 0.6 is 0 Å². The summed E-state index contributed by atoms with van der Waals surface area (Å²) in [6, 6.07) is 5.57. The molecule has 1 heterocycles. The number of nitrogens with zero attached hydrogens (tertiary/aromatic N) is 1. The van der Waals surface area contributed by atoms with Gasteiger partial charge >= 0.3 is 6.18 Å². The summed E-state index contributed by atoms with van der Waals surface area (Å²) < 4.78 is 38.5. The summed E-state index contributed by atoms with van der Waals surface area (Å²) in [7, 11) is 0. The first kappa shape index (κ1) is 11.7. The van der Waals surface area contributed by atoms with Gasteiger partial charge in [-0.3, -0.25) is 0 Å². The molecule has 0 amide bonds. The second-order valence-electron chi connectivity index (χ2n) is 3.78. The van der Waals surface area contributed by atoms with Gasteiger partial charge in [0.15, 0.2) is 0 Å². The first-order valence-electron chi connectivity index (χ1n) is 5.15. The van der Waals surface area contributed by atoms with Gasteiger partial charge in [0.2, 0.25) is 0 Å². The second-order valence-corrected chi connectivity index (χ2v) is 3.78. The Balaban J connectivity index is 2.46. The molecule has 0 spiro atoms. The smallest absolute Gasteiger partial charge is 0.348 e. The summed E-state index contributed by atoms with van der Waals surface area (Å²) in [4.78, 5) is 6.83. The summed E-state index contributed by atoms with van der Waals surface area (Å²) >= 11 is 0. The summed E-state index contributed by atoms with van der Waals surface area (Å²) in [6.07, 6.45) is -1.21. The lowest BCUT2D eigenvalue weighted by Gasteiger charge is -2.16. The van der Waals surface area contributed by atoms with Crippen molar-refractivity contribution in [1.29, 1.82) is 0 Å². The lowest BCUT2D eigenvalue weighted by atomic mass is 9.95. The van der Waals surface area contributed by atoms with Crippen LogP contribution in [0.4, 0.5) is 13.2 Å². The molecule has 1 atom stereocenters. The first-order chi connectivity index (χ1) is 8.00. The molecule has 17 heavy (non-hydrogen) atoms. The molecule has 0 bridgehead atoms. The molecule has 0 fully saturated rings. The van der Waals surface area contributed by atoms with Crippen LogP contribution in [0, 0.1) is 0 Å². The van der Waals surface area contributed by atoms with Crippen molar-refractivity contribution < 1.29 is 13.2 Å². The molecule has 2 aromatic rings. The second kappa shape index (κ2) is 4.24. The maximum absolute atomic E-state index is 12.8. The number of alkyl halides is 3. The van der Waals surface area contributed by atoms with E-state index in [0.29, 0.717) is 5.82 Å². The molecule has 1 unspecified atom stereocenters. The number of benzene rings is 1. The molecule has 0 aliphatic carbocycles. The van der Waals surface area contributed by atoms with Gasteiger partial charge in [0.1, 0.15) is 5.82 Å². The zero-order valence-corrected chi connectivity index (χ0v) is 9.12. The quantitative estimate of drug-likeness (QED) is 0.853. The third kappa shape index (κ3) is 2.33. The van der Waals surface area contributed by atoms with Crippen LogP contribution in [-0.4, -0.2) is 9.97 Å². The van der Waals surface area contributed by atoms with Crippen molar-refractivity contribution in [2.75, 3.05) is 0 Å². The fourth-order valence-corrected chi connectivity index (χ4v) is 1.79. The van der Waals surface area contributed by atoms with Crippen molar-refractivity contribution in [3.8, 4) is 0 Å². The van der Waals surface area contributed by atoms with Crippen molar-refractivity contribution in [1.82, 2.24) is 9.97 Å². The van der Waals surface area contributed by atoms with Gasteiger partial charge in [0.25, 0.3) is 0 Å². The molecular formula is C12H11F3N2. The van der Waals surface area contributed by atoms with Crippen LogP contribution in [0.25, 0.3) is 0 Å². The van der Waals surface area contributed by atoms with Gasteiger partial charge < -0.3 is 4.98 Å². The monoisotopic (exact) mass is 240 g/mol. The Kier molecular flexibility index (Phi) is 2.92. The van der Waals surface area contributed by atoms with Crippen molar-refractivity contribution in [2.45, 2.75) is 19.0 Å². The Hall–Kier alpha value is -1.78. The molecular weight excluding hydrogens is 229 g/mol. The van der Waals surface area contributed by atoms with Crippen LogP contribution in [0.1, 0.15) is 29.8 Å². The lowest BCUT2D eigenvalue weighted by molar-refractivity contribution is -0.138. The van der Waals surface area contributed by atoms with E-state index < -0.39 is 17.7 Å². The standard InChI is InChI=1S/C12H11F3N2/c1-8(11-16-6-7-17-11)9-4-2-3-5-10(9)12(13,14)15/h2-8H,1H3,(H,16,17). The number of rotatable bonds is 2. The van der Waals surface area contributed by atoms with E-state index in [-0.39, 0.29) is 5.56 Å². The molecule has 2 rings (SSSR count). The van der Waals surface area contributed by atoms with Gasteiger partial charge in [-0.15, -0.1) is 0 Å². The third-order valence-electron chi connectivity index (χ3n) is 2.66. The van der Waals surface area contributed by atoms with Crippen LogP contribution in [-0.2, 0) is 6.18 Å². The number of hydrogen-bond donors (Lipinski definition) is 1. The average molecular weight is 240 g/mol. The summed E-state index contributed by atoms with van der Waals surface area (Å²) in [5, 5.41) is 0. The van der Waals surface area contributed by atoms with Gasteiger partial charge in [-0.1, -0.05) is 25.1 Å². The first-order valence-corrected chi connectivity index (χ1v) is 5.15. The third-order valence-corrected chi connectivity index (χ3v) is 2.66. The topological polar surface area (TPSA) is 28.7 Å². The predicted octanol–water partition coefficient (Wildman–Crippen LogP) is 3.58. The largest absolute Gasteiger partial charge is 0.416 e. The number of imidazole rings is 1. The minimum atomic E-state index is -4.34. The molecule has 0 saturated carbocycles. The summed E-state index contributed by atoms with van der Waals surface area (Å²) in [5.41, 5.74) is -0.376. The van der Waals surface area contributed by atoms with E-state index in [0.717, 1.165) is 6.07 Å². The molecule has 1 aromatic heterocycles. The maximum Gasteiger partial charge on any atom is 0.416 e. The van der Waals surface area contributed by atoms with Gasteiger partial charge in [0, 0.05) is 18.3 Å². The Morgan fingerprint density at radius 3 is 2.53 bits per heavy atom. The fourth-order valence-electron chi connectivity index (χ4n) is 1.79. The lowest BCUT2D eigenvalue weighted by Crippen LogP contribution is -2.12. The number of H-pyrrole nitrogens is 1. The van der Waals surface area contributed by atoms with Crippen molar-refractivity contribution in [3.05, 3.63) is 53.6 Å². The van der Waals surface area contributed by atoms with Crippen molar-refractivity contribution in [3.63, 3.8) is 0 Å². The van der Waals surface area contributed by atoms with Crippen molar-refractivity contribution >= 4 is 0 Å². The van der Waals surface area contributed by atoms with Crippen molar-refractivity contribution in [2.24, 2.45) is 0 Å². The van der Waals surface area contributed by atoms with Gasteiger partial charge in [-0.05, 0) is 11.6 Å². The molecule has 0 saturated heterocycles. The van der Waals surface area contributed by atoms with Gasteiger partial charge in [-0.25, -0.2) is 4.98 Å². The van der Waals surface area contributed by atoms with Gasteiger partial charge in [-0.2, -0.15) is 13.2 Å². The Bertz CT molecular complexity index is 489. The van der Waals surface area contributed by atoms with Crippen LogP contribution in [0.15, 0.2) is 36.7 Å². The Labute approximate surface area is 96.5 Å². The highest BCUT2D eigenvalue weighted by molar-refractivity contribution is 5.35. The summed E-state index contributed by atoms with van der Waals surface area (Å²) in [6.45, 7) is 1.70. The fraction of sp³-hybridized carbons (Fsp3) is 0.250. The normalized spacial score (nSPS) is 13.6. The van der Waals surface area contributed by atoms with Crippen LogP contribution in [0.5, 0.6) is 0 Å². The Morgan fingerprint density at radius 2 is 1.94 bits per heavy atom. The predicted molar refractivity (Wildman–Crippen MR) is 57.5 cm³/mol. The van der Waals surface area contributed by atoms with Crippen LogP contribution in [0.2, 0.25) is 0 Å². The van der Waals surface area contributed by atoms with E-state index in [1.165, 1.54) is 18.3 Å². The minimum absolute atomic E-state index is 0.231. The highest BCUT2D eigenvalue weighted by atomic mass is 19.4. The minimum Gasteiger partial charge on any atom is -0.348 e. The average Bonchev–Trinajstić information content (AvgIpc) is 2.80. The number of nitrogens with one attached hydrogen (secondary N) is 1. The van der Waals surface area contributed by atoms with Gasteiger partial charge in [0.05, 0.1) is 5.56 Å². The number of halogens is 3. The molecule has 0 aliphatic rings. The molecule has 0 aliphatic heterocycles. The summed E-state index contributed by atoms with van der Waals surface area (Å²) in [5.74, 6) is 0.115. The number of hydrogen-bond acceptors (Lipinski definition) is 1. The highest BCUT2D eigenvalue weighted by Gasteiger charge is 2.34. The van der Waals surface area contributed by atoms with E-state index in [9.17, 15) is 13.2 Å².